The molecule has 0 aliphatic carbocycles. The van der Waals surface area contributed by atoms with Gasteiger partial charge in [-0.05, 0) is 59.3 Å². The Kier molecular flexibility index (Phi) is 7.06. The quantitative estimate of drug-likeness (QED) is 0.739. The van der Waals surface area contributed by atoms with Crippen LogP contribution in [0, 0.1) is 0 Å². The molecule has 1 N–H and O–H groups in total. The molecule has 0 unspecified atom stereocenters. The molecule has 0 radical (unpaired) electrons. The van der Waals surface area contributed by atoms with E-state index in [1.165, 1.54) is 4.90 Å². The standard InChI is InChI=1S/C21H24BrN3O3/c1-2-24(21(27)18-5-3-4-6-19(18)22)15-20(26)23-16-7-9-17(10-8-16)25-11-13-28-14-12-25/h3-10H,2,11-15H2,1H3,(H,23,26). The van der Waals surface area contributed by atoms with Crippen molar-refractivity contribution in [3.63, 3.8) is 0 Å². The number of carbonyl (C=O) groups is 2. The molecule has 2 aromatic carbocycles. The van der Waals surface area contributed by atoms with E-state index in [4.69, 9.17) is 4.74 Å². The van der Waals surface area contributed by atoms with Crippen LogP contribution >= 0.6 is 15.9 Å². The van der Waals surface area contributed by atoms with E-state index in [0.717, 1.165) is 36.5 Å². The Labute approximate surface area is 173 Å². The number of hydrogen-bond acceptors (Lipinski definition) is 4. The molecule has 0 spiro atoms. The number of ether oxygens (including phenoxy) is 1. The Bertz CT molecular complexity index is 820. The van der Waals surface area contributed by atoms with Crippen LogP contribution in [0.2, 0.25) is 0 Å². The third-order valence-electron chi connectivity index (χ3n) is 4.63. The highest BCUT2D eigenvalue weighted by Crippen LogP contribution is 2.20. The van der Waals surface area contributed by atoms with Crippen LogP contribution in [0.3, 0.4) is 0 Å². The van der Waals surface area contributed by atoms with Crippen LogP contribution in [0.25, 0.3) is 0 Å². The van der Waals surface area contributed by atoms with Crippen LogP contribution in [-0.4, -0.2) is 56.1 Å². The smallest absolute Gasteiger partial charge is 0.255 e. The first-order valence-corrected chi connectivity index (χ1v) is 10.1. The third-order valence-corrected chi connectivity index (χ3v) is 5.33. The predicted octanol–water partition coefficient (Wildman–Crippen LogP) is 3.39. The number of anilines is 2. The molecular formula is C21H24BrN3O3. The molecule has 0 atom stereocenters. The normalized spacial score (nSPS) is 13.9. The van der Waals surface area contributed by atoms with E-state index in [2.05, 4.69) is 26.1 Å². The Morgan fingerprint density at radius 3 is 2.43 bits per heavy atom. The van der Waals surface area contributed by atoms with Gasteiger partial charge in [-0.3, -0.25) is 9.59 Å². The molecular weight excluding hydrogens is 422 g/mol. The van der Waals surface area contributed by atoms with Crippen LogP contribution in [0.5, 0.6) is 0 Å². The van der Waals surface area contributed by atoms with Gasteiger partial charge in [-0.25, -0.2) is 0 Å². The van der Waals surface area contributed by atoms with E-state index in [1.807, 2.05) is 49.4 Å². The third kappa shape index (κ3) is 5.11. The highest BCUT2D eigenvalue weighted by molar-refractivity contribution is 9.10. The lowest BCUT2D eigenvalue weighted by molar-refractivity contribution is -0.116. The molecule has 2 aromatic rings. The zero-order chi connectivity index (χ0) is 19.9. The number of benzene rings is 2. The summed E-state index contributed by atoms with van der Waals surface area (Å²) in [5.74, 6) is -0.394. The van der Waals surface area contributed by atoms with Crippen molar-refractivity contribution in [1.82, 2.24) is 4.90 Å². The molecule has 2 amide bonds. The molecule has 0 saturated carbocycles. The first kappa shape index (κ1) is 20.4. The topological polar surface area (TPSA) is 61.9 Å². The number of carbonyl (C=O) groups excluding carboxylic acids is 2. The Morgan fingerprint density at radius 2 is 1.79 bits per heavy atom. The van der Waals surface area contributed by atoms with E-state index in [0.29, 0.717) is 17.8 Å². The van der Waals surface area contributed by atoms with Crippen molar-refractivity contribution < 1.29 is 14.3 Å². The van der Waals surface area contributed by atoms with Crippen molar-refractivity contribution in [2.75, 3.05) is 49.6 Å². The van der Waals surface area contributed by atoms with Gasteiger partial charge in [0.15, 0.2) is 0 Å². The molecule has 7 heteroatoms. The molecule has 0 aromatic heterocycles. The summed E-state index contributed by atoms with van der Waals surface area (Å²) in [6.45, 7) is 5.51. The zero-order valence-corrected chi connectivity index (χ0v) is 17.4. The second kappa shape index (κ2) is 9.71. The van der Waals surface area contributed by atoms with E-state index in [9.17, 15) is 9.59 Å². The fourth-order valence-corrected chi connectivity index (χ4v) is 3.54. The summed E-state index contributed by atoms with van der Waals surface area (Å²) in [4.78, 5) is 28.9. The molecule has 1 fully saturated rings. The van der Waals surface area contributed by atoms with Crippen molar-refractivity contribution >= 4 is 39.1 Å². The number of hydrogen-bond donors (Lipinski definition) is 1. The highest BCUT2D eigenvalue weighted by atomic mass is 79.9. The van der Waals surface area contributed by atoms with Gasteiger partial charge in [-0.2, -0.15) is 0 Å². The van der Waals surface area contributed by atoms with E-state index < -0.39 is 0 Å². The minimum absolute atomic E-state index is 0.00187. The average Bonchev–Trinajstić information content (AvgIpc) is 2.73. The van der Waals surface area contributed by atoms with Gasteiger partial charge in [0.05, 0.1) is 18.8 Å². The first-order valence-electron chi connectivity index (χ1n) is 9.35. The molecule has 1 aliphatic heterocycles. The average molecular weight is 446 g/mol. The van der Waals surface area contributed by atoms with Gasteiger partial charge in [0, 0.05) is 35.5 Å². The minimum Gasteiger partial charge on any atom is -0.378 e. The Balaban J connectivity index is 1.59. The number of halogens is 1. The summed E-state index contributed by atoms with van der Waals surface area (Å²) in [7, 11) is 0. The Hall–Kier alpha value is -2.38. The number of rotatable bonds is 6. The monoisotopic (exact) mass is 445 g/mol. The van der Waals surface area contributed by atoms with E-state index in [-0.39, 0.29) is 18.4 Å². The van der Waals surface area contributed by atoms with Gasteiger partial charge in [-0.15, -0.1) is 0 Å². The largest absolute Gasteiger partial charge is 0.378 e. The second-order valence-electron chi connectivity index (χ2n) is 6.49. The fraction of sp³-hybridized carbons (Fsp3) is 0.333. The molecule has 1 aliphatic rings. The minimum atomic E-state index is -0.221. The Morgan fingerprint density at radius 1 is 1.11 bits per heavy atom. The molecule has 1 saturated heterocycles. The lowest BCUT2D eigenvalue weighted by Gasteiger charge is -2.29. The van der Waals surface area contributed by atoms with Crippen molar-refractivity contribution in [1.29, 1.82) is 0 Å². The summed E-state index contributed by atoms with van der Waals surface area (Å²) in [5, 5.41) is 2.87. The number of likely N-dealkylation sites (N-methyl/N-ethyl adjacent to an activating group) is 1. The van der Waals surface area contributed by atoms with Crippen LogP contribution in [-0.2, 0) is 9.53 Å². The van der Waals surface area contributed by atoms with Gasteiger partial charge in [0.1, 0.15) is 6.54 Å². The second-order valence-corrected chi connectivity index (χ2v) is 7.35. The van der Waals surface area contributed by atoms with Crippen LogP contribution in [0.1, 0.15) is 17.3 Å². The summed E-state index contributed by atoms with van der Waals surface area (Å²) in [6, 6.07) is 15.0. The van der Waals surface area contributed by atoms with Crippen molar-refractivity contribution in [3.8, 4) is 0 Å². The van der Waals surface area contributed by atoms with Gasteiger partial charge < -0.3 is 19.9 Å². The van der Waals surface area contributed by atoms with E-state index in [1.54, 1.807) is 6.07 Å². The molecule has 3 rings (SSSR count). The predicted molar refractivity (Wildman–Crippen MR) is 114 cm³/mol. The van der Waals surface area contributed by atoms with Crippen molar-refractivity contribution in [2.24, 2.45) is 0 Å². The fourth-order valence-electron chi connectivity index (χ4n) is 3.08. The lowest BCUT2D eigenvalue weighted by atomic mass is 10.2. The van der Waals surface area contributed by atoms with Crippen molar-refractivity contribution in [3.05, 3.63) is 58.6 Å². The zero-order valence-electron chi connectivity index (χ0n) is 15.9. The lowest BCUT2D eigenvalue weighted by Crippen LogP contribution is -2.38. The number of amides is 2. The van der Waals surface area contributed by atoms with Gasteiger partial charge in [0.2, 0.25) is 5.91 Å². The van der Waals surface area contributed by atoms with Crippen LogP contribution in [0.15, 0.2) is 53.0 Å². The van der Waals surface area contributed by atoms with Crippen LogP contribution < -0.4 is 10.2 Å². The molecule has 0 bridgehead atoms. The van der Waals surface area contributed by atoms with Gasteiger partial charge in [0.25, 0.3) is 5.91 Å². The maximum absolute atomic E-state index is 12.7. The number of nitrogens with one attached hydrogen (secondary N) is 1. The number of nitrogens with zero attached hydrogens (tertiary/aromatic N) is 2. The maximum atomic E-state index is 12.7. The summed E-state index contributed by atoms with van der Waals surface area (Å²) >= 11 is 3.39. The highest BCUT2D eigenvalue weighted by Gasteiger charge is 2.19. The molecule has 148 valence electrons. The molecule has 1 heterocycles. The van der Waals surface area contributed by atoms with Gasteiger partial charge >= 0.3 is 0 Å². The van der Waals surface area contributed by atoms with Crippen LogP contribution in [0.4, 0.5) is 11.4 Å². The molecule has 6 nitrogen and oxygen atoms in total. The molecule has 28 heavy (non-hydrogen) atoms. The van der Waals surface area contributed by atoms with Crippen molar-refractivity contribution in [2.45, 2.75) is 6.92 Å². The summed E-state index contributed by atoms with van der Waals surface area (Å²) in [6.07, 6.45) is 0. The number of morpholine rings is 1. The van der Waals surface area contributed by atoms with Gasteiger partial charge in [-0.1, -0.05) is 12.1 Å². The van der Waals surface area contributed by atoms with E-state index >= 15 is 0 Å². The summed E-state index contributed by atoms with van der Waals surface area (Å²) < 4.78 is 6.09. The summed E-state index contributed by atoms with van der Waals surface area (Å²) in [5.41, 5.74) is 2.37. The first-order chi connectivity index (χ1) is 13.6. The maximum Gasteiger partial charge on any atom is 0.255 e. The SMILES string of the molecule is CCN(CC(=O)Nc1ccc(N2CCOCC2)cc1)C(=O)c1ccccc1Br.